The Morgan fingerprint density at radius 3 is 2.14 bits per heavy atom. The van der Waals surface area contributed by atoms with Crippen molar-refractivity contribution in [2.75, 3.05) is 6.61 Å². The molecule has 1 N–H and O–H groups in total. The molecule has 1 aliphatic rings. The van der Waals surface area contributed by atoms with Crippen molar-refractivity contribution in [3.63, 3.8) is 0 Å². The highest BCUT2D eigenvalue weighted by Crippen LogP contribution is 2.26. The summed E-state index contributed by atoms with van der Waals surface area (Å²) in [5, 5.41) is 8.75. The van der Waals surface area contributed by atoms with Crippen LogP contribution in [0, 0.1) is 0 Å². The Kier molecular flexibility index (Phi) is 6.20. The molecular weight excluding hydrogens is 176 g/mol. The van der Waals surface area contributed by atoms with E-state index in [2.05, 4.69) is 6.92 Å². The van der Waals surface area contributed by atoms with Gasteiger partial charge in [-0.05, 0) is 6.42 Å². The van der Waals surface area contributed by atoms with Crippen LogP contribution in [0.5, 0.6) is 0 Å². The molecule has 1 saturated heterocycles. The van der Waals surface area contributed by atoms with Crippen LogP contribution in [0.3, 0.4) is 0 Å². The Morgan fingerprint density at radius 2 is 1.57 bits per heavy atom. The first-order chi connectivity index (χ1) is 6.88. The minimum atomic E-state index is 0.176. The quantitative estimate of drug-likeness (QED) is 0.458. The van der Waals surface area contributed by atoms with Crippen LogP contribution in [-0.4, -0.2) is 23.9 Å². The first kappa shape index (κ1) is 12.0. The topological polar surface area (TPSA) is 32.8 Å². The van der Waals surface area contributed by atoms with E-state index in [4.69, 9.17) is 9.84 Å². The van der Waals surface area contributed by atoms with Crippen molar-refractivity contribution in [3.05, 3.63) is 0 Å². The van der Waals surface area contributed by atoms with Crippen molar-refractivity contribution in [3.8, 4) is 0 Å². The number of rotatable bonds is 9. The van der Waals surface area contributed by atoms with Crippen LogP contribution >= 0.6 is 0 Å². The van der Waals surface area contributed by atoms with Gasteiger partial charge in [0.25, 0.3) is 0 Å². The number of hydrogen-bond acceptors (Lipinski definition) is 2. The van der Waals surface area contributed by atoms with E-state index in [1.54, 1.807) is 0 Å². The molecule has 0 aliphatic carbocycles. The second kappa shape index (κ2) is 7.24. The van der Waals surface area contributed by atoms with Gasteiger partial charge in [0, 0.05) is 0 Å². The van der Waals surface area contributed by atoms with Gasteiger partial charge in [-0.2, -0.15) is 0 Å². The molecule has 0 radical (unpaired) electrons. The molecule has 14 heavy (non-hydrogen) atoms. The van der Waals surface area contributed by atoms with Crippen molar-refractivity contribution in [2.24, 2.45) is 0 Å². The van der Waals surface area contributed by atoms with Gasteiger partial charge in [0.2, 0.25) is 0 Å². The predicted octanol–water partition coefficient (Wildman–Crippen LogP) is 2.89. The summed E-state index contributed by atoms with van der Waals surface area (Å²) in [5.41, 5.74) is 0. The summed E-state index contributed by atoms with van der Waals surface area (Å²) in [7, 11) is 0. The first-order valence-electron chi connectivity index (χ1n) is 6.14. The molecule has 1 fully saturated rings. The van der Waals surface area contributed by atoms with Crippen LogP contribution in [-0.2, 0) is 4.74 Å². The summed E-state index contributed by atoms with van der Waals surface area (Å²) in [5.74, 6) is 0. The molecule has 0 aromatic heterocycles. The van der Waals surface area contributed by atoms with Crippen LogP contribution in [0.1, 0.15) is 58.3 Å². The molecular formula is C12H24O2. The summed E-state index contributed by atoms with van der Waals surface area (Å²) in [4.78, 5) is 0. The fourth-order valence-electron chi connectivity index (χ4n) is 1.90. The number of unbranched alkanes of at least 4 members (excludes halogenated alkanes) is 6. The summed E-state index contributed by atoms with van der Waals surface area (Å²) < 4.78 is 5.26. The smallest absolute Gasteiger partial charge is 0.107 e. The van der Waals surface area contributed by atoms with Crippen LogP contribution in [0.25, 0.3) is 0 Å². The van der Waals surface area contributed by atoms with Crippen LogP contribution in [0.2, 0.25) is 0 Å². The summed E-state index contributed by atoms with van der Waals surface area (Å²) >= 11 is 0. The maximum absolute atomic E-state index is 8.75. The number of epoxide rings is 1. The van der Waals surface area contributed by atoms with Gasteiger partial charge in [0.15, 0.2) is 0 Å². The Labute approximate surface area is 87.7 Å². The minimum absolute atomic E-state index is 0.176. The lowest BCUT2D eigenvalue weighted by Gasteiger charge is -1.99. The molecule has 2 nitrogen and oxygen atoms in total. The maximum atomic E-state index is 8.75. The number of aliphatic hydroxyl groups excluding tert-OH is 1. The molecule has 0 aromatic carbocycles. The van der Waals surface area contributed by atoms with E-state index < -0.39 is 0 Å². The molecule has 1 rings (SSSR count). The van der Waals surface area contributed by atoms with Crippen molar-refractivity contribution in [2.45, 2.75) is 70.5 Å². The lowest BCUT2D eigenvalue weighted by atomic mass is 10.1. The van der Waals surface area contributed by atoms with Crippen LogP contribution in [0.4, 0.5) is 0 Å². The zero-order valence-electron chi connectivity index (χ0n) is 9.37. The molecule has 2 atom stereocenters. The predicted molar refractivity (Wildman–Crippen MR) is 58.4 cm³/mol. The average Bonchev–Trinajstić information content (AvgIpc) is 2.95. The van der Waals surface area contributed by atoms with Gasteiger partial charge >= 0.3 is 0 Å². The van der Waals surface area contributed by atoms with E-state index >= 15 is 0 Å². The second-order valence-electron chi connectivity index (χ2n) is 4.31. The number of hydrogen-bond donors (Lipinski definition) is 1. The van der Waals surface area contributed by atoms with Gasteiger partial charge in [-0.3, -0.25) is 0 Å². The maximum Gasteiger partial charge on any atom is 0.107 e. The molecule has 1 aliphatic heterocycles. The molecule has 0 unspecified atom stereocenters. The van der Waals surface area contributed by atoms with Gasteiger partial charge in [0.05, 0.1) is 12.7 Å². The number of ether oxygens (including phenoxy) is 1. The first-order valence-corrected chi connectivity index (χ1v) is 6.14. The zero-order chi connectivity index (χ0) is 10.2. The molecule has 0 bridgehead atoms. The normalized spacial score (nSPS) is 25.3. The standard InChI is InChI=1S/C12H24O2/c1-2-3-4-5-6-7-8-9-11-12(10-13)14-11/h11-13H,2-10H2,1H3/t11-,12-/m1/s1. The van der Waals surface area contributed by atoms with E-state index in [0.29, 0.717) is 6.10 Å². The Bertz CT molecular complexity index is 136. The van der Waals surface area contributed by atoms with Gasteiger partial charge in [-0.1, -0.05) is 51.9 Å². The molecule has 0 spiro atoms. The monoisotopic (exact) mass is 200 g/mol. The van der Waals surface area contributed by atoms with E-state index in [1.807, 2.05) is 0 Å². The molecule has 1 heterocycles. The molecule has 84 valence electrons. The van der Waals surface area contributed by atoms with Crippen LogP contribution in [0.15, 0.2) is 0 Å². The summed E-state index contributed by atoms with van der Waals surface area (Å²) in [6.07, 6.45) is 11.2. The van der Waals surface area contributed by atoms with Crippen molar-refractivity contribution in [1.29, 1.82) is 0 Å². The van der Waals surface area contributed by atoms with E-state index in [-0.39, 0.29) is 12.7 Å². The minimum Gasteiger partial charge on any atom is -0.394 e. The SMILES string of the molecule is CCCCCCCCC[C@H]1O[C@@H]1CO. The van der Waals surface area contributed by atoms with Gasteiger partial charge in [-0.25, -0.2) is 0 Å². The lowest BCUT2D eigenvalue weighted by Crippen LogP contribution is -1.98. The van der Waals surface area contributed by atoms with Gasteiger partial charge in [-0.15, -0.1) is 0 Å². The Morgan fingerprint density at radius 1 is 0.929 bits per heavy atom. The third kappa shape index (κ3) is 4.97. The molecule has 0 aromatic rings. The largest absolute Gasteiger partial charge is 0.394 e. The summed E-state index contributed by atoms with van der Waals surface area (Å²) in [6, 6.07) is 0. The fraction of sp³-hybridized carbons (Fsp3) is 1.00. The number of aliphatic hydroxyl groups is 1. The zero-order valence-corrected chi connectivity index (χ0v) is 9.37. The van der Waals surface area contributed by atoms with E-state index in [1.165, 1.54) is 44.9 Å². The van der Waals surface area contributed by atoms with E-state index in [0.717, 1.165) is 6.42 Å². The van der Waals surface area contributed by atoms with E-state index in [9.17, 15) is 0 Å². The third-order valence-electron chi connectivity index (χ3n) is 2.96. The molecule has 0 amide bonds. The lowest BCUT2D eigenvalue weighted by molar-refractivity contribution is 0.241. The highest BCUT2D eigenvalue weighted by Gasteiger charge is 2.36. The van der Waals surface area contributed by atoms with Crippen molar-refractivity contribution in [1.82, 2.24) is 0 Å². The Balaban J connectivity index is 1.73. The summed E-state index contributed by atoms with van der Waals surface area (Å²) in [6.45, 7) is 2.46. The van der Waals surface area contributed by atoms with Crippen molar-refractivity contribution < 1.29 is 9.84 Å². The molecule has 2 heteroatoms. The highest BCUT2D eigenvalue weighted by molar-refractivity contribution is 4.83. The second-order valence-corrected chi connectivity index (χ2v) is 4.31. The van der Waals surface area contributed by atoms with Crippen molar-refractivity contribution >= 4 is 0 Å². The third-order valence-corrected chi connectivity index (χ3v) is 2.96. The van der Waals surface area contributed by atoms with Crippen LogP contribution < -0.4 is 0 Å². The fourth-order valence-corrected chi connectivity index (χ4v) is 1.90. The van der Waals surface area contributed by atoms with Gasteiger partial charge in [0.1, 0.15) is 6.10 Å². The average molecular weight is 200 g/mol. The molecule has 0 saturated carbocycles. The van der Waals surface area contributed by atoms with Gasteiger partial charge < -0.3 is 9.84 Å². The highest BCUT2D eigenvalue weighted by atomic mass is 16.6. The Hall–Kier alpha value is -0.0800.